The summed E-state index contributed by atoms with van der Waals surface area (Å²) in [7, 11) is 0. The predicted octanol–water partition coefficient (Wildman–Crippen LogP) is 3.31. The third-order valence-electron chi connectivity index (χ3n) is 3.40. The first kappa shape index (κ1) is 11.2. The second-order valence-electron chi connectivity index (χ2n) is 4.60. The van der Waals surface area contributed by atoms with Crippen LogP contribution in [0.25, 0.3) is 6.08 Å². The largest absolute Gasteiger partial charge is 0.359 e. The van der Waals surface area contributed by atoms with E-state index in [1.165, 1.54) is 5.56 Å². The molecule has 2 aromatic rings. The first-order chi connectivity index (χ1) is 8.76. The highest BCUT2D eigenvalue weighted by Crippen LogP contribution is 2.46. The van der Waals surface area contributed by atoms with E-state index < -0.39 is 0 Å². The van der Waals surface area contributed by atoms with Crippen molar-refractivity contribution in [3.63, 3.8) is 0 Å². The van der Waals surface area contributed by atoms with E-state index in [2.05, 4.69) is 29.8 Å². The van der Waals surface area contributed by atoms with E-state index in [-0.39, 0.29) is 5.60 Å². The van der Waals surface area contributed by atoms with Crippen LogP contribution in [0.15, 0.2) is 49.2 Å². The summed E-state index contributed by atoms with van der Waals surface area (Å²) in [5.74, 6) is 0. The maximum atomic E-state index is 5.79. The molecule has 18 heavy (non-hydrogen) atoms. The summed E-state index contributed by atoms with van der Waals surface area (Å²) in [4.78, 5) is 4.32. The zero-order valence-corrected chi connectivity index (χ0v) is 10.4. The van der Waals surface area contributed by atoms with Crippen molar-refractivity contribution in [3.8, 4) is 0 Å². The molecule has 0 amide bonds. The van der Waals surface area contributed by atoms with Gasteiger partial charge in [0.25, 0.3) is 0 Å². The van der Waals surface area contributed by atoms with Crippen LogP contribution in [-0.2, 0) is 10.3 Å². The monoisotopic (exact) mass is 237 g/mol. The predicted molar refractivity (Wildman–Crippen MR) is 72.2 cm³/mol. The van der Waals surface area contributed by atoms with Crippen LogP contribution < -0.4 is 0 Å². The van der Waals surface area contributed by atoms with E-state index in [9.17, 15) is 0 Å². The molecule has 1 aliphatic heterocycles. The first-order valence-corrected chi connectivity index (χ1v) is 6.05. The number of epoxide rings is 1. The maximum Gasteiger partial charge on any atom is 0.142 e. The van der Waals surface area contributed by atoms with Crippen molar-refractivity contribution in [2.45, 2.75) is 12.5 Å². The third-order valence-corrected chi connectivity index (χ3v) is 3.40. The van der Waals surface area contributed by atoms with Gasteiger partial charge in [-0.1, -0.05) is 43.0 Å². The van der Waals surface area contributed by atoms with Gasteiger partial charge in [0.1, 0.15) is 5.60 Å². The minimum absolute atomic E-state index is 0.293. The average molecular weight is 237 g/mol. The van der Waals surface area contributed by atoms with E-state index in [1.54, 1.807) is 0 Å². The highest BCUT2D eigenvalue weighted by molar-refractivity contribution is 5.57. The van der Waals surface area contributed by atoms with Gasteiger partial charge in [0.15, 0.2) is 0 Å². The van der Waals surface area contributed by atoms with Crippen molar-refractivity contribution >= 4 is 6.08 Å². The number of benzene rings is 1. The van der Waals surface area contributed by atoms with Crippen LogP contribution in [0.3, 0.4) is 0 Å². The van der Waals surface area contributed by atoms with Gasteiger partial charge in [0.2, 0.25) is 0 Å². The van der Waals surface area contributed by atoms with E-state index >= 15 is 0 Å². The average Bonchev–Trinajstić information content (AvgIpc) is 3.21. The minimum Gasteiger partial charge on any atom is -0.359 e. The summed E-state index contributed by atoms with van der Waals surface area (Å²) in [5, 5.41) is 0. The lowest BCUT2D eigenvalue weighted by atomic mass is 9.89. The van der Waals surface area contributed by atoms with Crippen LogP contribution in [0.5, 0.6) is 0 Å². The van der Waals surface area contributed by atoms with Crippen molar-refractivity contribution in [3.05, 3.63) is 71.6 Å². The molecule has 1 aliphatic rings. The van der Waals surface area contributed by atoms with Crippen molar-refractivity contribution in [1.29, 1.82) is 0 Å². The molecule has 2 heterocycles. The Balaban J connectivity index is 2.15. The molecule has 0 spiro atoms. The number of pyridine rings is 1. The van der Waals surface area contributed by atoms with Crippen LogP contribution >= 0.6 is 0 Å². The number of rotatable bonds is 3. The molecular formula is C16H15NO. The van der Waals surface area contributed by atoms with E-state index in [0.29, 0.717) is 0 Å². The molecule has 1 unspecified atom stereocenters. The standard InChI is InChI=1S/C16H15NO/c1-3-13-10-17-12(2)9-15(13)16(11-18-16)14-7-5-4-6-8-14/h3-10H,1,11H2,2H3. The van der Waals surface area contributed by atoms with E-state index in [1.807, 2.05) is 37.4 Å². The topological polar surface area (TPSA) is 25.4 Å². The van der Waals surface area contributed by atoms with Gasteiger partial charge in [0, 0.05) is 17.5 Å². The molecule has 0 saturated carbocycles. The molecule has 3 rings (SSSR count). The van der Waals surface area contributed by atoms with Gasteiger partial charge in [0.05, 0.1) is 6.61 Å². The summed E-state index contributed by atoms with van der Waals surface area (Å²) >= 11 is 0. The molecule has 0 aliphatic carbocycles. The molecule has 90 valence electrons. The Hall–Kier alpha value is -1.93. The number of hydrogen-bond donors (Lipinski definition) is 0. The Kier molecular flexibility index (Phi) is 2.53. The molecule has 2 nitrogen and oxygen atoms in total. The fourth-order valence-electron chi connectivity index (χ4n) is 2.34. The Labute approximate surface area is 107 Å². The summed E-state index contributed by atoms with van der Waals surface area (Å²) < 4.78 is 5.79. The summed E-state index contributed by atoms with van der Waals surface area (Å²) in [6, 6.07) is 12.4. The molecule has 2 heteroatoms. The summed E-state index contributed by atoms with van der Waals surface area (Å²) in [5.41, 5.74) is 4.11. The molecular weight excluding hydrogens is 222 g/mol. The zero-order valence-electron chi connectivity index (χ0n) is 10.4. The van der Waals surface area contributed by atoms with Crippen LogP contribution in [0, 0.1) is 6.92 Å². The maximum absolute atomic E-state index is 5.79. The second-order valence-corrected chi connectivity index (χ2v) is 4.60. The SMILES string of the molecule is C=Cc1cnc(C)cc1C1(c2ccccc2)CO1. The lowest BCUT2D eigenvalue weighted by Crippen LogP contribution is -2.13. The smallest absolute Gasteiger partial charge is 0.142 e. The van der Waals surface area contributed by atoms with Gasteiger partial charge in [-0.2, -0.15) is 0 Å². The Bertz CT molecular complexity index is 585. The number of hydrogen-bond acceptors (Lipinski definition) is 2. The fraction of sp³-hybridized carbons (Fsp3) is 0.188. The molecule has 1 saturated heterocycles. The van der Waals surface area contributed by atoms with Crippen molar-refractivity contribution in [1.82, 2.24) is 4.98 Å². The molecule has 1 atom stereocenters. The zero-order chi connectivity index (χ0) is 12.6. The summed E-state index contributed by atoms with van der Waals surface area (Å²) in [6.45, 7) is 6.58. The van der Waals surface area contributed by atoms with E-state index in [4.69, 9.17) is 4.74 Å². The first-order valence-electron chi connectivity index (χ1n) is 6.05. The number of aromatic nitrogens is 1. The molecule has 0 N–H and O–H groups in total. The molecule has 0 radical (unpaired) electrons. The molecule has 1 aromatic heterocycles. The van der Waals surface area contributed by atoms with E-state index in [0.717, 1.165) is 23.4 Å². The minimum atomic E-state index is -0.293. The molecule has 0 bridgehead atoms. The van der Waals surface area contributed by atoms with Gasteiger partial charge < -0.3 is 4.74 Å². The number of nitrogens with zero attached hydrogens (tertiary/aromatic N) is 1. The number of aryl methyl sites for hydroxylation is 1. The van der Waals surface area contributed by atoms with Crippen LogP contribution in [-0.4, -0.2) is 11.6 Å². The van der Waals surface area contributed by atoms with Gasteiger partial charge in [-0.25, -0.2) is 0 Å². The van der Waals surface area contributed by atoms with Crippen LogP contribution in [0.4, 0.5) is 0 Å². The molecule has 1 aromatic carbocycles. The normalized spacial score (nSPS) is 21.6. The van der Waals surface area contributed by atoms with Gasteiger partial charge in [-0.3, -0.25) is 4.98 Å². The summed E-state index contributed by atoms with van der Waals surface area (Å²) in [6.07, 6.45) is 3.71. The highest BCUT2D eigenvalue weighted by atomic mass is 16.6. The lowest BCUT2D eigenvalue weighted by molar-refractivity contribution is 0.348. The molecule has 1 fully saturated rings. The lowest BCUT2D eigenvalue weighted by Gasteiger charge is -2.16. The number of ether oxygens (including phenoxy) is 1. The second kappa shape index (κ2) is 4.07. The Morgan fingerprint density at radius 2 is 2.06 bits per heavy atom. The fourth-order valence-corrected chi connectivity index (χ4v) is 2.34. The van der Waals surface area contributed by atoms with Crippen LogP contribution in [0.2, 0.25) is 0 Å². The van der Waals surface area contributed by atoms with Gasteiger partial charge >= 0.3 is 0 Å². The van der Waals surface area contributed by atoms with Crippen molar-refractivity contribution < 1.29 is 4.74 Å². The van der Waals surface area contributed by atoms with Gasteiger partial charge in [-0.15, -0.1) is 0 Å². The van der Waals surface area contributed by atoms with Crippen molar-refractivity contribution in [2.24, 2.45) is 0 Å². The quantitative estimate of drug-likeness (QED) is 0.765. The van der Waals surface area contributed by atoms with Crippen molar-refractivity contribution in [2.75, 3.05) is 6.61 Å². The Morgan fingerprint density at radius 1 is 1.33 bits per heavy atom. The Morgan fingerprint density at radius 3 is 2.67 bits per heavy atom. The van der Waals surface area contributed by atoms with Crippen LogP contribution in [0.1, 0.15) is 22.4 Å². The third kappa shape index (κ3) is 1.66. The van der Waals surface area contributed by atoms with Gasteiger partial charge in [-0.05, 0) is 24.1 Å². The highest BCUT2D eigenvalue weighted by Gasteiger charge is 2.49.